The highest BCUT2D eigenvalue weighted by Crippen LogP contribution is 2.29. The minimum Gasteiger partial charge on any atom is -0.478 e. The molecule has 19 heavy (non-hydrogen) atoms. The molecule has 0 bridgehead atoms. The maximum atomic E-state index is 11.2. The predicted molar refractivity (Wildman–Crippen MR) is 79.3 cm³/mol. The van der Waals surface area contributed by atoms with E-state index in [1.54, 1.807) is 24.4 Å². The summed E-state index contributed by atoms with van der Waals surface area (Å²) in [5.74, 6) is -0.503. The van der Waals surface area contributed by atoms with Crippen molar-refractivity contribution in [3.05, 3.63) is 52.1 Å². The molecule has 3 N–H and O–H groups in total. The van der Waals surface area contributed by atoms with Gasteiger partial charge in [0.2, 0.25) is 0 Å². The Hall–Kier alpha value is -1.53. The Kier molecular flexibility index (Phi) is 4.44. The first kappa shape index (κ1) is 13.9. The molecule has 0 aliphatic rings. The van der Waals surface area contributed by atoms with Crippen molar-refractivity contribution in [2.45, 2.75) is 10.8 Å². The first-order valence-electron chi connectivity index (χ1n) is 5.43. The van der Waals surface area contributed by atoms with Crippen molar-refractivity contribution in [3.8, 4) is 0 Å². The lowest BCUT2D eigenvalue weighted by atomic mass is 10.1. The predicted octanol–water partition coefficient (Wildman–Crippen LogP) is 3.42. The van der Waals surface area contributed by atoms with Crippen molar-refractivity contribution in [2.24, 2.45) is 0 Å². The van der Waals surface area contributed by atoms with Gasteiger partial charge in [0, 0.05) is 22.1 Å². The third-order valence-corrected chi connectivity index (χ3v) is 4.44. The van der Waals surface area contributed by atoms with Crippen LogP contribution in [0, 0.1) is 0 Å². The van der Waals surface area contributed by atoms with Crippen molar-refractivity contribution in [2.75, 3.05) is 5.73 Å². The van der Waals surface area contributed by atoms with Crippen LogP contribution in [0.5, 0.6) is 0 Å². The van der Waals surface area contributed by atoms with Gasteiger partial charge in [-0.25, -0.2) is 9.78 Å². The SMILES string of the molecule is Nc1cccc(CSc2ncccc2Br)c1C(=O)O. The summed E-state index contributed by atoms with van der Waals surface area (Å²) in [4.78, 5) is 15.4. The van der Waals surface area contributed by atoms with Crippen LogP contribution in [0.3, 0.4) is 0 Å². The lowest BCUT2D eigenvalue weighted by Gasteiger charge is -2.08. The number of pyridine rings is 1. The third kappa shape index (κ3) is 3.27. The lowest BCUT2D eigenvalue weighted by molar-refractivity contribution is 0.0697. The Morgan fingerprint density at radius 1 is 1.37 bits per heavy atom. The van der Waals surface area contributed by atoms with Gasteiger partial charge in [-0.3, -0.25) is 0 Å². The number of carboxylic acids is 1. The molecule has 0 radical (unpaired) electrons. The van der Waals surface area contributed by atoms with E-state index in [9.17, 15) is 9.90 Å². The molecule has 0 fully saturated rings. The maximum absolute atomic E-state index is 11.2. The summed E-state index contributed by atoms with van der Waals surface area (Å²) >= 11 is 4.87. The van der Waals surface area contributed by atoms with Crippen LogP contribution >= 0.6 is 27.7 Å². The lowest BCUT2D eigenvalue weighted by Crippen LogP contribution is -2.06. The second-order valence-electron chi connectivity index (χ2n) is 3.77. The van der Waals surface area contributed by atoms with Crippen molar-refractivity contribution in [1.82, 2.24) is 4.98 Å². The number of carbonyl (C=O) groups is 1. The first-order chi connectivity index (χ1) is 9.09. The largest absolute Gasteiger partial charge is 0.478 e. The summed E-state index contributed by atoms with van der Waals surface area (Å²) in [7, 11) is 0. The molecule has 2 rings (SSSR count). The van der Waals surface area contributed by atoms with Gasteiger partial charge in [0.25, 0.3) is 0 Å². The van der Waals surface area contributed by atoms with E-state index in [1.165, 1.54) is 11.8 Å². The van der Waals surface area contributed by atoms with Crippen molar-refractivity contribution < 1.29 is 9.90 Å². The number of hydrogen-bond donors (Lipinski definition) is 2. The zero-order valence-electron chi connectivity index (χ0n) is 9.84. The average Bonchev–Trinajstić information content (AvgIpc) is 2.37. The molecule has 1 heterocycles. The van der Waals surface area contributed by atoms with Crippen LogP contribution in [0.2, 0.25) is 0 Å². The second kappa shape index (κ2) is 6.08. The molecule has 0 atom stereocenters. The monoisotopic (exact) mass is 338 g/mol. The van der Waals surface area contributed by atoms with Crippen molar-refractivity contribution in [3.63, 3.8) is 0 Å². The van der Waals surface area contributed by atoms with Crippen LogP contribution in [0.15, 0.2) is 46.0 Å². The van der Waals surface area contributed by atoms with Crippen LogP contribution in [-0.2, 0) is 5.75 Å². The number of thioether (sulfide) groups is 1. The molecule has 0 unspecified atom stereocenters. The topological polar surface area (TPSA) is 76.2 Å². The van der Waals surface area contributed by atoms with Gasteiger partial charge < -0.3 is 10.8 Å². The van der Waals surface area contributed by atoms with Crippen molar-refractivity contribution in [1.29, 1.82) is 0 Å². The van der Waals surface area contributed by atoms with E-state index in [2.05, 4.69) is 20.9 Å². The fraction of sp³-hybridized carbons (Fsp3) is 0.0769. The van der Waals surface area contributed by atoms with Gasteiger partial charge in [0.05, 0.1) is 5.56 Å². The van der Waals surface area contributed by atoms with E-state index in [0.29, 0.717) is 11.3 Å². The molecule has 0 saturated carbocycles. The van der Waals surface area contributed by atoms with Crippen molar-refractivity contribution >= 4 is 39.3 Å². The summed E-state index contributed by atoms with van der Waals surface area (Å²) in [6, 6.07) is 8.84. The van der Waals surface area contributed by atoms with Gasteiger partial charge in [-0.2, -0.15) is 0 Å². The van der Waals surface area contributed by atoms with Gasteiger partial charge in [-0.15, -0.1) is 11.8 Å². The molecule has 0 amide bonds. The van der Waals surface area contributed by atoms with Crippen LogP contribution in [-0.4, -0.2) is 16.1 Å². The standard InChI is InChI=1S/C13H11BrN2O2S/c14-9-4-2-6-16-12(9)19-7-8-3-1-5-10(15)11(8)13(17)18/h1-6H,7,15H2,(H,17,18). The molecule has 0 saturated heterocycles. The maximum Gasteiger partial charge on any atom is 0.338 e. The number of halogens is 1. The highest BCUT2D eigenvalue weighted by molar-refractivity contribution is 9.10. The highest BCUT2D eigenvalue weighted by atomic mass is 79.9. The minimum absolute atomic E-state index is 0.169. The molecule has 6 heteroatoms. The van der Waals surface area contributed by atoms with E-state index in [0.717, 1.165) is 9.50 Å². The Morgan fingerprint density at radius 3 is 2.84 bits per heavy atom. The highest BCUT2D eigenvalue weighted by Gasteiger charge is 2.14. The number of aromatic nitrogens is 1. The second-order valence-corrected chi connectivity index (χ2v) is 5.58. The molecule has 98 valence electrons. The summed E-state index contributed by atoms with van der Waals surface area (Å²) in [5.41, 5.74) is 6.85. The number of nitrogens with zero attached hydrogens (tertiary/aromatic N) is 1. The Balaban J connectivity index is 2.23. The normalized spacial score (nSPS) is 10.4. The third-order valence-electron chi connectivity index (χ3n) is 2.49. The fourth-order valence-corrected chi connectivity index (χ4v) is 3.10. The molecule has 0 aliphatic heterocycles. The summed E-state index contributed by atoms with van der Waals surface area (Å²) < 4.78 is 0.890. The summed E-state index contributed by atoms with van der Waals surface area (Å²) in [5, 5.41) is 10.0. The molecule has 1 aromatic heterocycles. The molecule has 1 aromatic carbocycles. The van der Waals surface area contributed by atoms with Crippen LogP contribution in [0.25, 0.3) is 0 Å². The molecular formula is C13H11BrN2O2S. The molecule has 0 aliphatic carbocycles. The quantitative estimate of drug-likeness (QED) is 0.659. The Bertz CT molecular complexity index is 619. The van der Waals surface area contributed by atoms with E-state index in [4.69, 9.17) is 5.73 Å². The number of anilines is 1. The number of carboxylic acid groups (broad SMARTS) is 1. The first-order valence-corrected chi connectivity index (χ1v) is 7.21. The van der Waals surface area contributed by atoms with Gasteiger partial charge in [-0.05, 0) is 39.7 Å². The van der Waals surface area contributed by atoms with Crippen LogP contribution < -0.4 is 5.73 Å². The zero-order valence-corrected chi connectivity index (χ0v) is 12.2. The van der Waals surface area contributed by atoms with Gasteiger partial charge in [-0.1, -0.05) is 12.1 Å². The molecule has 0 spiro atoms. The fourth-order valence-electron chi connectivity index (χ4n) is 1.62. The average molecular weight is 339 g/mol. The smallest absolute Gasteiger partial charge is 0.338 e. The van der Waals surface area contributed by atoms with E-state index in [1.807, 2.05) is 12.1 Å². The zero-order chi connectivity index (χ0) is 13.8. The van der Waals surface area contributed by atoms with Gasteiger partial charge in [0.15, 0.2) is 0 Å². The number of benzene rings is 1. The van der Waals surface area contributed by atoms with Crippen LogP contribution in [0.4, 0.5) is 5.69 Å². The number of aromatic carboxylic acids is 1. The molecule has 2 aromatic rings. The van der Waals surface area contributed by atoms with Crippen LogP contribution in [0.1, 0.15) is 15.9 Å². The number of rotatable bonds is 4. The van der Waals surface area contributed by atoms with E-state index >= 15 is 0 Å². The Labute approximate surface area is 123 Å². The Morgan fingerprint density at radius 2 is 2.16 bits per heavy atom. The van der Waals surface area contributed by atoms with E-state index < -0.39 is 5.97 Å². The number of hydrogen-bond acceptors (Lipinski definition) is 4. The van der Waals surface area contributed by atoms with Gasteiger partial charge in [0.1, 0.15) is 5.03 Å². The van der Waals surface area contributed by atoms with Gasteiger partial charge >= 0.3 is 5.97 Å². The van der Waals surface area contributed by atoms with E-state index in [-0.39, 0.29) is 11.3 Å². The molecular weight excluding hydrogens is 328 g/mol. The summed E-state index contributed by atoms with van der Waals surface area (Å²) in [6.45, 7) is 0. The summed E-state index contributed by atoms with van der Waals surface area (Å²) in [6.07, 6.45) is 1.70. The number of nitrogens with two attached hydrogens (primary N) is 1. The number of nitrogen functional groups attached to an aromatic ring is 1. The minimum atomic E-state index is -1.01. The molecule has 4 nitrogen and oxygen atoms in total.